The van der Waals surface area contributed by atoms with E-state index in [0.717, 1.165) is 6.29 Å². The summed E-state index contributed by atoms with van der Waals surface area (Å²) >= 11 is 4.01. The Morgan fingerprint density at radius 3 is 2.21 bits per heavy atom. The van der Waals surface area contributed by atoms with Crippen molar-refractivity contribution in [3.63, 3.8) is 0 Å². The Bertz CT molecular complexity index is 209. The molecule has 0 heterocycles. The fourth-order valence-electron chi connectivity index (χ4n) is 0.936. The number of thiol groups is 1. The number of amides is 1. The fourth-order valence-corrected chi connectivity index (χ4v) is 1.27. The van der Waals surface area contributed by atoms with E-state index < -0.39 is 6.04 Å². The Morgan fingerprint density at radius 1 is 1.43 bits per heavy atom. The maximum absolute atomic E-state index is 11.7. The lowest BCUT2D eigenvalue weighted by atomic mass is 10.2. The van der Waals surface area contributed by atoms with Crippen LogP contribution in [0.15, 0.2) is 0 Å². The van der Waals surface area contributed by atoms with E-state index in [1.807, 2.05) is 14.1 Å². The number of hydrogen-bond donors (Lipinski definition) is 1. The van der Waals surface area contributed by atoms with Crippen LogP contribution in [0, 0.1) is 0 Å². The molecule has 2 atom stereocenters. The van der Waals surface area contributed by atoms with Gasteiger partial charge in [-0.1, -0.05) is 0 Å². The molecule has 14 heavy (non-hydrogen) atoms. The van der Waals surface area contributed by atoms with Crippen molar-refractivity contribution in [3.8, 4) is 0 Å². The van der Waals surface area contributed by atoms with Gasteiger partial charge in [-0.3, -0.25) is 9.69 Å². The number of hydrogen-bond acceptors (Lipinski definition) is 4. The highest BCUT2D eigenvalue weighted by Crippen LogP contribution is 2.03. The third-order valence-corrected chi connectivity index (χ3v) is 2.70. The molecule has 0 saturated heterocycles. The van der Waals surface area contributed by atoms with Crippen molar-refractivity contribution in [2.24, 2.45) is 0 Å². The van der Waals surface area contributed by atoms with Gasteiger partial charge in [0.2, 0.25) is 5.91 Å². The second-order valence-corrected chi connectivity index (χ2v) is 3.84. The molecule has 82 valence electrons. The first-order chi connectivity index (χ1) is 6.45. The van der Waals surface area contributed by atoms with Gasteiger partial charge in [-0.2, -0.15) is 12.6 Å². The highest BCUT2D eigenvalue weighted by atomic mass is 32.1. The smallest absolute Gasteiger partial charge is 0.239 e. The predicted octanol–water partition coefficient (Wildman–Crippen LogP) is -0.108. The first-order valence-electron chi connectivity index (χ1n) is 4.45. The maximum Gasteiger partial charge on any atom is 0.239 e. The predicted molar refractivity (Wildman–Crippen MR) is 59.6 cm³/mol. The number of carbonyl (C=O) groups excluding carboxylic acids is 2. The highest BCUT2D eigenvalue weighted by Gasteiger charge is 2.23. The summed E-state index contributed by atoms with van der Waals surface area (Å²) in [4.78, 5) is 25.6. The third kappa shape index (κ3) is 3.31. The quantitative estimate of drug-likeness (QED) is 0.517. The van der Waals surface area contributed by atoms with E-state index in [9.17, 15) is 9.59 Å². The van der Waals surface area contributed by atoms with Crippen molar-refractivity contribution < 1.29 is 9.59 Å². The van der Waals surface area contributed by atoms with E-state index >= 15 is 0 Å². The van der Waals surface area contributed by atoms with E-state index in [-0.39, 0.29) is 11.9 Å². The zero-order chi connectivity index (χ0) is 11.3. The van der Waals surface area contributed by atoms with Crippen LogP contribution < -0.4 is 0 Å². The van der Waals surface area contributed by atoms with Crippen LogP contribution in [0.4, 0.5) is 0 Å². The normalized spacial score (nSPS) is 15.0. The molecule has 0 saturated carbocycles. The van der Waals surface area contributed by atoms with Crippen molar-refractivity contribution in [2.45, 2.75) is 19.0 Å². The minimum absolute atomic E-state index is 0.0684. The molecule has 0 spiro atoms. The van der Waals surface area contributed by atoms with Gasteiger partial charge in [0, 0.05) is 12.8 Å². The first kappa shape index (κ1) is 13.4. The van der Waals surface area contributed by atoms with Gasteiger partial charge in [-0.15, -0.1) is 0 Å². The van der Waals surface area contributed by atoms with E-state index in [0.29, 0.717) is 5.75 Å². The molecule has 0 bridgehead atoms. The summed E-state index contributed by atoms with van der Waals surface area (Å²) in [6, 6.07) is -0.657. The second-order valence-electron chi connectivity index (χ2n) is 3.47. The summed E-state index contributed by atoms with van der Waals surface area (Å²) in [5.74, 6) is 0.285. The summed E-state index contributed by atoms with van der Waals surface area (Å²) in [7, 11) is 5.28. The molecule has 0 aromatic carbocycles. The van der Waals surface area contributed by atoms with Crippen LogP contribution in [0.5, 0.6) is 0 Å². The molecule has 1 amide bonds. The second kappa shape index (κ2) is 6.03. The summed E-state index contributed by atoms with van der Waals surface area (Å²) in [6.45, 7) is 1.80. The van der Waals surface area contributed by atoms with Crippen LogP contribution >= 0.6 is 12.6 Å². The summed E-state index contributed by atoms with van der Waals surface area (Å²) in [5, 5.41) is 0. The molecule has 4 nitrogen and oxygen atoms in total. The number of rotatable bonds is 5. The van der Waals surface area contributed by atoms with Crippen molar-refractivity contribution in [3.05, 3.63) is 0 Å². The lowest BCUT2D eigenvalue weighted by Crippen LogP contribution is -2.48. The van der Waals surface area contributed by atoms with E-state index in [1.165, 1.54) is 4.90 Å². The van der Waals surface area contributed by atoms with E-state index in [1.54, 1.807) is 18.9 Å². The van der Waals surface area contributed by atoms with Crippen molar-refractivity contribution in [1.29, 1.82) is 0 Å². The Labute approximate surface area is 90.7 Å². The van der Waals surface area contributed by atoms with Gasteiger partial charge in [0.15, 0.2) is 0 Å². The van der Waals surface area contributed by atoms with Crippen LogP contribution in [0.1, 0.15) is 6.92 Å². The monoisotopic (exact) mass is 218 g/mol. The Balaban J connectivity index is 4.44. The van der Waals surface area contributed by atoms with Gasteiger partial charge >= 0.3 is 0 Å². The zero-order valence-corrected chi connectivity index (χ0v) is 9.99. The molecule has 0 aliphatic rings. The molecular formula is C9H18N2O2S. The summed E-state index contributed by atoms with van der Waals surface area (Å²) in [6.07, 6.45) is 0.743. The lowest BCUT2D eigenvalue weighted by molar-refractivity contribution is -0.138. The van der Waals surface area contributed by atoms with Crippen LogP contribution in [0.2, 0.25) is 0 Å². The molecular weight excluding hydrogens is 200 g/mol. The van der Waals surface area contributed by atoms with Crippen LogP contribution in [-0.2, 0) is 9.59 Å². The zero-order valence-electron chi connectivity index (χ0n) is 9.10. The Kier molecular flexibility index (Phi) is 5.79. The highest BCUT2D eigenvalue weighted by molar-refractivity contribution is 7.80. The van der Waals surface area contributed by atoms with E-state index in [2.05, 4.69) is 12.6 Å². The molecule has 0 radical (unpaired) electrons. The molecule has 0 aromatic rings. The van der Waals surface area contributed by atoms with Crippen molar-refractivity contribution in [2.75, 3.05) is 26.9 Å². The maximum atomic E-state index is 11.7. The molecule has 0 aromatic heterocycles. The van der Waals surface area contributed by atoms with E-state index in [4.69, 9.17) is 0 Å². The molecule has 0 fully saturated rings. The van der Waals surface area contributed by atoms with Gasteiger partial charge in [0.25, 0.3) is 0 Å². The van der Waals surface area contributed by atoms with Crippen LogP contribution in [0.25, 0.3) is 0 Å². The standard InChI is InChI=1S/C9H18N2O2S/c1-7(10(2)3)9(13)11(4)8(5-12)6-14/h5,7-8,14H,6H2,1-4H3. The van der Waals surface area contributed by atoms with Crippen LogP contribution in [0.3, 0.4) is 0 Å². The summed E-state index contributed by atoms with van der Waals surface area (Å²) in [5.41, 5.74) is 0. The third-order valence-electron chi connectivity index (χ3n) is 2.32. The lowest BCUT2D eigenvalue weighted by Gasteiger charge is -2.28. The van der Waals surface area contributed by atoms with Gasteiger partial charge in [0.1, 0.15) is 6.29 Å². The number of aldehydes is 1. The molecule has 0 rings (SSSR count). The minimum Gasteiger partial charge on any atom is -0.334 e. The largest absolute Gasteiger partial charge is 0.334 e. The average Bonchev–Trinajstić information content (AvgIpc) is 2.17. The van der Waals surface area contributed by atoms with Gasteiger partial charge < -0.3 is 9.69 Å². The first-order valence-corrected chi connectivity index (χ1v) is 5.08. The number of likely N-dealkylation sites (N-methyl/N-ethyl adjacent to an activating group) is 2. The molecule has 0 aliphatic heterocycles. The topological polar surface area (TPSA) is 40.6 Å². The average molecular weight is 218 g/mol. The van der Waals surface area contributed by atoms with Crippen molar-refractivity contribution >= 4 is 24.8 Å². The molecule has 2 unspecified atom stereocenters. The van der Waals surface area contributed by atoms with Crippen molar-refractivity contribution in [1.82, 2.24) is 9.80 Å². The SMILES string of the molecule is CC(C(=O)N(C)C(C=O)CS)N(C)C. The summed E-state index contributed by atoms with van der Waals surface area (Å²) < 4.78 is 0. The van der Waals surface area contributed by atoms with Gasteiger partial charge in [0.05, 0.1) is 12.1 Å². The number of carbonyl (C=O) groups is 2. The Morgan fingerprint density at radius 2 is 1.93 bits per heavy atom. The van der Waals surface area contributed by atoms with Gasteiger partial charge in [-0.25, -0.2) is 0 Å². The molecule has 0 aliphatic carbocycles. The number of nitrogens with zero attached hydrogens (tertiary/aromatic N) is 2. The molecule has 0 N–H and O–H groups in total. The Hall–Kier alpha value is -0.550. The fraction of sp³-hybridized carbons (Fsp3) is 0.778. The van der Waals surface area contributed by atoms with Crippen LogP contribution in [-0.4, -0.2) is 61.0 Å². The van der Waals surface area contributed by atoms with Gasteiger partial charge in [-0.05, 0) is 21.0 Å². The minimum atomic E-state index is -0.437. The molecule has 5 heteroatoms.